The number of alkyl halides is 3. The quantitative estimate of drug-likeness (QED) is 0.458. The zero-order valence-corrected chi connectivity index (χ0v) is 19.7. The first kappa shape index (κ1) is 25.7. The van der Waals surface area contributed by atoms with Gasteiger partial charge in [0.2, 0.25) is 5.82 Å². The lowest BCUT2D eigenvalue weighted by molar-refractivity contribution is -0.144. The summed E-state index contributed by atoms with van der Waals surface area (Å²) < 4.78 is 59.2. The number of para-hydroxylation sites is 1. The second-order valence-corrected chi connectivity index (χ2v) is 8.82. The van der Waals surface area contributed by atoms with Gasteiger partial charge in [-0.05, 0) is 43.7 Å². The Balaban J connectivity index is 0.00000304. The monoisotopic (exact) mass is 526 g/mol. The van der Waals surface area contributed by atoms with E-state index in [0.717, 1.165) is 25.2 Å². The third-order valence-corrected chi connectivity index (χ3v) is 6.45. The average Bonchev–Trinajstić information content (AvgIpc) is 3.43. The molecule has 0 radical (unpaired) electrons. The molecule has 1 aliphatic carbocycles. The number of nitrogens with zero attached hydrogens (tertiary/aromatic N) is 5. The number of hydrogen-bond donors (Lipinski definition) is 1. The van der Waals surface area contributed by atoms with E-state index in [1.165, 1.54) is 15.6 Å². The Morgan fingerprint density at radius 2 is 1.81 bits per heavy atom. The molecule has 2 aromatic heterocycles. The maximum Gasteiger partial charge on any atom is 0.451 e. The van der Waals surface area contributed by atoms with E-state index in [-0.39, 0.29) is 30.5 Å². The fourth-order valence-corrected chi connectivity index (χ4v) is 4.54. The van der Waals surface area contributed by atoms with Crippen LogP contribution in [0, 0.1) is 11.7 Å². The van der Waals surface area contributed by atoms with Gasteiger partial charge in [-0.1, -0.05) is 12.1 Å². The van der Waals surface area contributed by atoms with Crippen LogP contribution in [0.15, 0.2) is 48.9 Å². The van der Waals surface area contributed by atoms with Gasteiger partial charge < -0.3 is 10.1 Å². The third kappa shape index (κ3) is 5.23. The van der Waals surface area contributed by atoms with Crippen LogP contribution in [0.2, 0.25) is 0 Å². The molecule has 1 saturated heterocycles. The molecule has 0 unspecified atom stereocenters. The van der Waals surface area contributed by atoms with Crippen LogP contribution in [-0.2, 0) is 10.9 Å². The highest BCUT2D eigenvalue weighted by Gasteiger charge is 2.48. The van der Waals surface area contributed by atoms with Crippen LogP contribution in [0.5, 0.6) is 0 Å². The second kappa shape index (κ2) is 9.92. The van der Waals surface area contributed by atoms with Crippen LogP contribution in [0.25, 0.3) is 5.69 Å². The first-order valence-corrected chi connectivity index (χ1v) is 11.2. The standard InChI is InChI=1S/C23H22F4N6O2.ClH/c24-17-3-1-2-4-18(17)33-10-7-19(31-33)28-11-15-5-8-22(9-6-15)14-32(21(34)35-22)16-12-29-20(30-13-16)23(25,26)27;/h1-4,7,10,12-13,15H,5-6,8-9,11,14H2,(H,28,31);1H/t15-,22-;. The minimum Gasteiger partial charge on any atom is -0.441 e. The highest BCUT2D eigenvalue weighted by atomic mass is 35.5. The Labute approximate surface area is 210 Å². The Hall–Kier alpha value is -3.41. The summed E-state index contributed by atoms with van der Waals surface area (Å²) in [5.74, 6) is -0.659. The molecule has 0 bridgehead atoms. The van der Waals surface area contributed by atoms with Gasteiger partial charge in [0.05, 0.1) is 24.6 Å². The predicted molar refractivity (Wildman–Crippen MR) is 125 cm³/mol. The summed E-state index contributed by atoms with van der Waals surface area (Å²) in [7, 11) is 0. The molecule has 1 saturated carbocycles. The summed E-state index contributed by atoms with van der Waals surface area (Å²) in [6.07, 6.45) is 1.28. The molecule has 192 valence electrons. The number of carbonyl (C=O) groups excluding carboxylic acids is 1. The minimum atomic E-state index is -4.65. The Morgan fingerprint density at radius 3 is 2.47 bits per heavy atom. The molecule has 36 heavy (non-hydrogen) atoms. The van der Waals surface area contributed by atoms with Crippen molar-refractivity contribution in [3.05, 3.63) is 60.6 Å². The fraction of sp³-hybridized carbons (Fsp3) is 0.391. The molecule has 1 spiro atoms. The van der Waals surface area contributed by atoms with E-state index in [1.54, 1.807) is 30.5 Å². The molecule has 1 amide bonds. The van der Waals surface area contributed by atoms with Crippen molar-refractivity contribution >= 4 is 30.0 Å². The van der Waals surface area contributed by atoms with E-state index in [2.05, 4.69) is 20.4 Å². The lowest BCUT2D eigenvalue weighted by Crippen LogP contribution is -2.39. The van der Waals surface area contributed by atoms with Gasteiger partial charge in [0.1, 0.15) is 22.9 Å². The average molecular weight is 527 g/mol. The van der Waals surface area contributed by atoms with Gasteiger partial charge in [0.25, 0.3) is 0 Å². The number of carbonyl (C=O) groups is 1. The summed E-state index contributed by atoms with van der Waals surface area (Å²) in [5.41, 5.74) is -0.136. The van der Waals surface area contributed by atoms with Crippen LogP contribution in [0.3, 0.4) is 0 Å². The lowest BCUT2D eigenvalue weighted by atomic mass is 9.78. The fourth-order valence-electron chi connectivity index (χ4n) is 4.54. The highest BCUT2D eigenvalue weighted by molar-refractivity contribution is 5.89. The molecule has 2 fully saturated rings. The molecule has 13 heteroatoms. The number of amides is 1. The van der Waals surface area contributed by atoms with Gasteiger partial charge in [-0.15, -0.1) is 12.4 Å². The molecular weight excluding hydrogens is 504 g/mol. The molecule has 1 aromatic carbocycles. The number of aromatic nitrogens is 4. The van der Waals surface area contributed by atoms with E-state index in [1.807, 2.05) is 0 Å². The summed E-state index contributed by atoms with van der Waals surface area (Å²) in [5, 5.41) is 7.66. The van der Waals surface area contributed by atoms with E-state index < -0.39 is 23.7 Å². The van der Waals surface area contributed by atoms with Gasteiger partial charge in [-0.3, -0.25) is 4.90 Å². The molecule has 3 aromatic rings. The second-order valence-electron chi connectivity index (χ2n) is 8.82. The Bertz CT molecular complexity index is 1210. The molecule has 2 aliphatic rings. The van der Waals surface area contributed by atoms with Crippen molar-refractivity contribution in [3.63, 3.8) is 0 Å². The number of halogens is 5. The van der Waals surface area contributed by atoms with Crippen molar-refractivity contribution in [2.24, 2.45) is 5.92 Å². The molecule has 0 atom stereocenters. The van der Waals surface area contributed by atoms with Crippen molar-refractivity contribution in [3.8, 4) is 5.69 Å². The Morgan fingerprint density at radius 1 is 1.11 bits per heavy atom. The van der Waals surface area contributed by atoms with Crippen LogP contribution in [-0.4, -0.2) is 44.5 Å². The SMILES string of the molecule is Cl.O=C1O[C@]2(CC[C@H](CNc3ccn(-c4ccccc4F)n3)CC2)CN1c1cnc(C(F)(F)F)nc1. The normalized spacial score (nSPS) is 21.8. The Kier molecular flexibility index (Phi) is 7.07. The zero-order valence-electron chi connectivity index (χ0n) is 18.9. The number of nitrogens with one attached hydrogen (secondary N) is 1. The number of benzene rings is 1. The van der Waals surface area contributed by atoms with Gasteiger partial charge in [-0.2, -0.15) is 18.3 Å². The van der Waals surface area contributed by atoms with Gasteiger partial charge in [-0.25, -0.2) is 23.8 Å². The first-order chi connectivity index (χ1) is 16.7. The van der Waals surface area contributed by atoms with Gasteiger partial charge in [0.15, 0.2) is 0 Å². The van der Waals surface area contributed by atoms with E-state index >= 15 is 0 Å². The number of anilines is 2. The third-order valence-electron chi connectivity index (χ3n) is 6.45. The minimum absolute atomic E-state index is 0. The maximum atomic E-state index is 14.0. The smallest absolute Gasteiger partial charge is 0.441 e. The van der Waals surface area contributed by atoms with Crippen molar-refractivity contribution < 1.29 is 27.1 Å². The van der Waals surface area contributed by atoms with Crippen molar-refractivity contribution in [1.29, 1.82) is 0 Å². The lowest BCUT2D eigenvalue weighted by Gasteiger charge is -2.35. The van der Waals surface area contributed by atoms with E-state index in [0.29, 0.717) is 36.8 Å². The maximum absolute atomic E-state index is 14.0. The van der Waals surface area contributed by atoms with Crippen molar-refractivity contribution in [2.45, 2.75) is 37.5 Å². The molecule has 1 N–H and O–H groups in total. The van der Waals surface area contributed by atoms with Gasteiger partial charge >= 0.3 is 12.3 Å². The molecule has 5 rings (SSSR count). The molecule has 1 aliphatic heterocycles. The van der Waals surface area contributed by atoms with Crippen molar-refractivity contribution in [1.82, 2.24) is 19.7 Å². The van der Waals surface area contributed by atoms with Crippen molar-refractivity contribution in [2.75, 3.05) is 23.3 Å². The predicted octanol–water partition coefficient (Wildman–Crippen LogP) is 5.24. The van der Waals surface area contributed by atoms with Crippen LogP contribution in [0.1, 0.15) is 31.5 Å². The molecule has 3 heterocycles. The number of rotatable bonds is 5. The first-order valence-electron chi connectivity index (χ1n) is 11.2. The zero-order chi connectivity index (χ0) is 24.6. The van der Waals surface area contributed by atoms with E-state index in [4.69, 9.17) is 4.74 Å². The number of hydrogen-bond acceptors (Lipinski definition) is 6. The molecular formula is C23H23ClF4N6O2. The summed E-state index contributed by atoms with van der Waals surface area (Å²) in [4.78, 5) is 20.4. The van der Waals surface area contributed by atoms with E-state index in [9.17, 15) is 22.4 Å². The summed E-state index contributed by atoms with van der Waals surface area (Å²) in [6.45, 7) is 0.905. The molecule has 8 nitrogen and oxygen atoms in total. The van der Waals surface area contributed by atoms with Gasteiger partial charge in [0, 0.05) is 18.8 Å². The topological polar surface area (TPSA) is 85.2 Å². The highest BCUT2D eigenvalue weighted by Crippen LogP contribution is 2.41. The van der Waals surface area contributed by atoms with Crippen LogP contribution in [0.4, 0.5) is 33.9 Å². The number of ether oxygens (including phenoxy) is 1. The van der Waals surface area contributed by atoms with Crippen LogP contribution >= 0.6 is 12.4 Å². The largest absolute Gasteiger partial charge is 0.451 e. The summed E-state index contributed by atoms with van der Waals surface area (Å²) in [6, 6.07) is 8.17. The van der Waals surface area contributed by atoms with Crippen LogP contribution < -0.4 is 10.2 Å². The summed E-state index contributed by atoms with van der Waals surface area (Å²) >= 11 is 0.